The lowest BCUT2D eigenvalue weighted by molar-refractivity contribution is 0.472. The molecule has 1 aromatic rings. The molecule has 1 rings (SSSR count). The second kappa shape index (κ2) is 1.78. The molecule has 3 heteroatoms. The summed E-state index contributed by atoms with van der Waals surface area (Å²) in [4.78, 5) is 13.6. The number of nitrogens with zero attached hydrogens (tertiary/aromatic N) is 1. The van der Waals surface area contributed by atoms with E-state index in [0.717, 1.165) is 0 Å². The molecule has 1 heterocycles. The van der Waals surface area contributed by atoms with Crippen LogP contribution in [0.15, 0.2) is 15.3 Å². The van der Waals surface area contributed by atoms with Crippen LogP contribution in [0.1, 0.15) is 5.69 Å². The van der Waals surface area contributed by atoms with E-state index in [1.807, 2.05) is 0 Å². The Hall–Kier alpha value is -1.12. The highest BCUT2D eigenvalue weighted by atomic mass is 16.4. The Kier molecular flexibility index (Phi) is 1.12. The zero-order valence-electron chi connectivity index (χ0n) is 4.34. The fourth-order valence-corrected chi connectivity index (χ4v) is 0.364. The van der Waals surface area contributed by atoms with Crippen LogP contribution < -0.4 is 5.76 Å². The number of rotatable bonds is 0. The van der Waals surface area contributed by atoms with Gasteiger partial charge in [-0.05, 0) is 6.92 Å². The van der Waals surface area contributed by atoms with Crippen molar-refractivity contribution in [2.75, 3.05) is 0 Å². The Bertz CT molecular complexity index is 228. The first kappa shape index (κ1) is 5.03. The fraction of sp³-hybridized carbons (Fsp3) is 0.200. The molecule has 0 atom stereocenters. The van der Waals surface area contributed by atoms with Gasteiger partial charge < -0.3 is 4.42 Å². The summed E-state index contributed by atoms with van der Waals surface area (Å²) in [6.07, 6.45) is 2.28. The first-order chi connectivity index (χ1) is 3.79. The number of aryl methyl sites for hydroxylation is 1. The van der Waals surface area contributed by atoms with E-state index >= 15 is 0 Å². The average molecular weight is 110 g/mol. The third kappa shape index (κ3) is 0.932. The third-order valence-electron chi connectivity index (χ3n) is 0.682. The van der Waals surface area contributed by atoms with Gasteiger partial charge in [0.25, 0.3) is 0 Å². The van der Waals surface area contributed by atoms with E-state index in [9.17, 15) is 4.79 Å². The summed E-state index contributed by atoms with van der Waals surface area (Å²) in [6.45, 7) is 1.70. The van der Waals surface area contributed by atoms with E-state index in [1.165, 1.54) is 6.07 Å². The normalized spacial score (nSPS) is 9.12. The van der Waals surface area contributed by atoms with Gasteiger partial charge in [0.2, 0.25) is 0 Å². The molecule has 8 heavy (non-hydrogen) atoms. The maximum atomic E-state index is 10.2. The molecule has 0 spiro atoms. The smallest absolute Gasteiger partial charge is 0.405 e. The van der Waals surface area contributed by atoms with E-state index < -0.39 is 5.76 Å². The second-order valence-corrected chi connectivity index (χ2v) is 1.38. The van der Waals surface area contributed by atoms with Crippen LogP contribution in [-0.2, 0) is 0 Å². The standard InChI is InChI=1S/C5H4NO2/c1-4-2-3-8-5(7)6-4/h2H,1H3. The summed E-state index contributed by atoms with van der Waals surface area (Å²) in [7, 11) is 0. The van der Waals surface area contributed by atoms with Crippen LogP contribution in [0.2, 0.25) is 0 Å². The summed E-state index contributed by atoms with van der Waals surface area (Å²) < 4.78 is 4.22. The van der Waals surface area contributed by atoms with Gasteiger partial charge in [-0.2, -0.15) is 4.98 Å². The van der Waals surface area contributed by atoms with Crippen molar-refractivity contribution in [1.29, 1.82) is 0 Å². The highest BCUT2D eigenvalue weighted by Gasteiger charge is 1.84. The van der Waals surface area contributed by atoms with Crippen LogP contribution in [0.4, 0.5) is 0 Å². The molecule has 0 bridgehead atoms. The van der Waals surface area contributed by atoms with Crippen molar-refractivity contribution in [3.8, 4) is 0 Å². The lowest BCUT2D eigenvalue weighted by Crippen LogP contribution is -2.03. The van der Waals surface area contributed by atoms with Crippen LogP contribution in [0.5, 0.6) is 0 Å². The van der Waals surface area contributed by atoms with Gasteiger partial charge in [0.1, 0.15) is 0 Å². The van der Waals surface area contributed by atoms with Gasteiger partial charge in [-0.3, -0.25) is 0 Å². The minimum atomic E-state index is -0.593. The molecule has 41 valence electrons. The minimum Gasteiger partial charge on any atom is -0.405 e. The van der Waals surface area contributed by atoms with Gasteiger partial charge in [0.15, 0.2) is 6.26 Å². The monoisotopic (exact) mass is 110 g/mol. The second-order valence-electron chi connectivity index (χ2n) is 1.38. The van der Waals surface area contributed by atoms with Crippen molar-refractivity contribution in [1.82, 2.24) is 4.98 Å². The molecule has 0 aliphatic heterocycles. The molecule has 1 aromatic heterocycles. The SMILES string of the molecule is Cc1c[c]oc(=O)n1. The van der Waals surface area contributed by atoms with E-state index in [-0.39, 0.29) is 0 Å². The van der Waals surface area contributed by atoms with Crippen molar-refractivity contribution >= 4 is 0 Å². The molecule has 3 nitrogen and oxygen atoms in total. The maximum Gasteiger partial charge on any atom is 0.439 e. The molecule has 0 amide bonds. The van der Waals surface area contributed by atoms with Crippen LogP contribution in [-0.4, -0.2) is 4.98 Å². The zero-order chi connectivity index (χ0) is 5.98. The molecule has 0 aliphatic rings. The topological polar surface area (TPSA) is 43.1 Å². The first-order valence-electron chi connectivity index (χ1n) is 2.14. The van der Waals surface area contributed by atoms with E-state index in [4.69, 9.17) is 0 Å². The van der Waals surface area contributed by atoms with Crippen LogP contribution in [0.3, 0.4) is 0 Å². The molecule has 0 aliphatic carbocycles. The Morgan fingerprint density at radius 1 is 1.88 bits per heavy atom. The summed E-state index contributed by atoms with van der Waals surface area (Å²) >= 11 is 0. The molecular weight excluding hydrogens is 106 g/mol. The fourth-order valence-electron chi connectivity index (χ4n) is 0.364. The molecule has 0 fully saturated rings. The minimum absolute atomic E-state index is 0.593. The number of hydrogen-bond donors (Lipinski definition) is 0. The highest BCUT2D eigenvalue weighted by Crippen LogP contribution is 1.80. The summed E-state index contributed by atoms with van der Waals surface area (Å²) in [6, 6.07) is 1.50. The van der Waals surface area contributed by atoms with Crippen molar-refractivity contribution in [2.45, 2.75) is 6.92 Å². The lowest BCUT2D eigenvalue weighted by atomic mass is 10.5. The molecule has 0 saturated carbocycles. The van der Waals surface area contributed by atoms with Gasteiger partial charge >= 0.3 is 5.76 Å². The first-order valence-corrected chi connectivity index (χ1v) is 2.14. The van der Waals surface area contributed by atoms with Crippen molar-refractivity contribution in [3.63, 3.8) is 0 Å². The molecule has 0 unspecified atom stereocenters. The number of hydrogen-bond acceptors (Lipinski definition) is 3. The Morgan fingerprint density at radius 3 is 3.00 bits per heavy atom. The maximum absolute atomic E-state index is 10.2. The highest BCUT2D eigenvalue weighted by molar-refractivity contribution is 4.89. The van der Waals surface area contributed by atoms with Gasteiger partial charge in [-0.25, -0.2) is 4.79 Å². The van der Waals surface area contributed by atoms with Gasteiger partial charge in [0, 0.05) is 11.8 Å². The van der Waals surface area contributed by atoms with Gasteiger partial charge in [-0.15, -0.1) is 0 Å². The van der Waals surface area contributed by atoms with Gasteiger partial charge in [-0.1, -0.05) is 0 Å². The summed E-state index contributed by atoms with van der Waals surface area (Å²) in [5.41, 5.74) is 0.626. The lowest BCUT2D eigenvalue weighted by Gasteiger charge is -1.80. The quantitative estimate of drug-likeness (QED) is 0.477. The predicted octanol–water partition coefficient (Wildman–Crippen LogP) is 0.143. The van der Waals surface area contributed by atoms with Crippen LogP contribution in [0, 0.1) is 13.2 Å². The van der Waals surface area contributed by atoms with E-state index in [0.29, 0.717) is 5.69 Å². The largest absolute Gasteiger partial charge is 0.439 e. The predicted molar refractivity (Wildman–Crippen MR) is 26.3 cm³/mol. The molecule has 0 N–H and O–H groups in total. The van der Waals surface area contributed by atoms with Gasteiger partial charge in [0.05, 0.1) is 0 Å². The number of aromatic nitrogens is 1. The third-order valence-corrected chi connectivity index (χ3v) is 0.682. The van der Waals surface area contributed by atoms with Crippen LogP contribution >= 0.6 is 0 Å². The van der Waals surface area contributed by atoms with Crippen LogP contribution in [0.25, 0.3) is 0 Å². The van der Waals surface area contributed by atoms with E-state index in [2.05, 4.69) is 15.7 Å². The molecule has 1 radical (unpaired) electrons. The Balaban J connectivity index is 3.28. The molecular formula is C5H4NO2. The summed E-state index contributed by atoms with van der Waals surface area (Å²) in [5, 5.41) is 0. The average Bonchev–Trinajstić information content (AvgIpc) is 1.64. The zero-order valence-corrected chi connectivity index (χ0v) is 4.34. The molecule has 0 saturated heterocycles. The summed E-state index contributed by atoms with van der Waals surface area (Å²) in [5.74, 6) is -0.593. The Morgan fingerprint density at radius 2 is 2.62 bits per heavy atom. The molecule has 0 aromatic carbocycles. The van der Waals surface area contributed by atoms with Crippen molar-refractivity contribution in [3.05, 3.63) is 28.6 Å². The van der Waals surface area contributed by atoms with Crippen molar-refractivity contribution in [2.24, 2.45) is 0 Å². The Labute approximate surface area is 46.0 Å². The van der Waals surface area contributed by atoms with E-state index in [1.54, 1.807) is 6.92 Å². The van der Waals surface area contributed by atoms with Crippen molar-refractivity contribution < 1.29 is 4.42 Å².